The zero-order valence-electron chi connectivity index (χ0n) is 17.4. The van der Waals surface area contributed by atoms with E-state index in [4.69, 9.17) is 19.3 Å². The lowest BCUT2D eigenvalue weighted by molar-refractivity contribution is -0.147. The smallest absolute Gasteiger partial charge is 0.235 e. The first-order valence-corrected chi connectivity index (χ1v) is 9.98. The van der Waals surface area contributed by atoms with Crippen LogP contribution in [0.4, 0.5) is 0 Å². The molecule has 0 aromatic rings. The molecule has 0 saturated heterocycles. The van der Waals surface area contributed by atoms with Crippen LogP contribution in [0.2, 0.25) is 0 Å². The molecule has 0 unspecified atom stereocenters. The van der Waals surface area contributed by atoms with Gasteiger partial charge in [-0.1, -0.05) is 0 Å². The van der Waals surface area contributed by atoms with Crippen molar-refractivity contribution in [1.82, 2.24) is 9.80 Å². The fraction of sp³-hybridized carbons (Fsp3) is 0.895. The highest BCUT2D eigenvalue weighted by Gasteiger charge is 2.31. The molecule has 0 aliphatic rings. The summed E-state index contributed by atoms with van der Waals surface area (Å²) in [5.74, 6) is -0.951. The van der Waals surface area contributed by atoms with Crippen molar-refractivity contribution in [2.24, 2.45) is 5.92 Å². The van der Waals surface area contributed by atoms with Gasteiger partial charge >= 0.3 is 0 Å². The van der Waals surface area contributed by atoms with Gasteiger partial charge in [0.15, 0.2) is 0 Å². The molecule has 1 N–H and O–H groups in total. The first kappa shape index (κ1) is 25.8. The van der Waals surface area contributed by atoms with Crippen LogP contribution in [0.25, 0.3) is 0 Å². The standard InChI is InChI=1S/C19H38N2O6/c1-5-20(6-2)18(23)17(19(24)21(7-3)8-4)9-11-25-13-15-27-16-14-26-12-10-22/h17,22H,5-16H2,1-4H3. The Balaban J connectivity index is 4.36. The number of rotatable bonds is 17. The van der Waals surface area contributed by atoms with E-state index in [1.807, 2.05) is 27.7 Å². The van der Waals surface area contributed by atoms with Gasteiger partial charge in [-0.2, -0.15) is 0 Å². The molecular formula is C19H38N2O6. The summed E-state index contributed by atoms with van der Waals surface area (Å²) in [5.41, 5.74) is 0. The number of hydrogen-bond donors (Lipinski definition) is 1. The SMILES string of the molecule is CCN(CC)C(=O)C(CCOCCOCCOCCO)C(=O)N(CC)CC. The predicted molar refractivity (Wildman–Crippen MR) is 104 cm³/mol. The fourth-order valence-electron chi connectivity index (χ4n) is 2.67. The monoisotopic (exact) mass is 390 g/mol. The summed E-state index contributed by atoms with van der Waals surface area (Å²) >= 11 is 0. The lowest BCUT2D eigenvalue weighted by Gasteiger charge is -2.28. The van der Waals surface area contributed by atoms with Crippen LogP contribution in [0.5, 0.6) is 0 Å². The molecule has 0 spiro atoms. The number of ether oxygens (including phenoxy) is 3. The summed E-state index contributed by atoms with van der Waals surface area (Å²) in [6.45, 7) is 12.3. The quantitative estimate of drug-likeness (QED) is 0.292. The second-order valence-corrected chi connectivity index (χ2v) is 5.92. The van der Waals surface area contributed by atoms with E-state index >= 15 is 0 Å². The maximum absolute atomic E-state index is 12.7. The van der Waals surface area contributed by atoms with Crippen molar-refractivity contribution in [3.8, 4) is 0 Å². The average molecular weight is 391 g/mol. The normalized spacial score (nSPS) is 11.0. The zero-order chi connectivity index (χ0) is 20.5. The van der Waals surface area contributed by atoms with Crippen molar-refractivity contribution in [2.45, 2.75) is 34.1 Å². The predicted octanol–water partition coefficient (Wildman–Crippen LogP) is 0.772. The molecule has 0 radical (unpaired) electrons. The minimum Gasteiger partial charge on any atom is -0.394 e. The molecular weight excluding hydrogens is 352 g/mol. The molecule has 2 amide bonds. The highest BCUT2D eigenvalue weighted by Crippen LogP contribution is 2.13. The van der Waals surface area contributed by atoms with Crippen molar-refractivity contribution in [2.75, 3.05) is 72.4 Å². The third-order valence-corrected chi connectivity index (χ3v) is 4.28. The minimum atomic E-state index is -0.697. The Morgan fingerprint density at radius 2 is 1.07 bits per heavy atom. The number of aliphatic hydroxyl groups is 1. The molecule has 0 aromatic heterocycles. The van der Waals surface area contributed by atoms with Crippen LogP contribution in [-0.4, -0.2) is 99.1 Å². The van der Waals surface area contributed by atoms with Gasteiger partial charge in [0.2, 0.25) is 11.8 Å². The third-order valence-electron chi connectivity index (χ3n) is 4.28. The van der Waals surface area contributed by atoms with E-state index in [1.165, 1.54) is 0 Å². The van der Waals surface area contributed by atoms with Gasteiger partial charge in [-0.25, -0.2) is 0 Å². The first-order valence-electron chi connectivity index (χ1n) is 9.98. The molecule has 0 aliphatic heterocycles. The lowest BCUT2D eigenvalue weighted by Crippen LogP contribution is -2.45. The van der Waals surface area contributed by atoms with Gasteiger partial charge in [0.05, 0.1) is 39.6 Å². The third kappa shape index (κ3) is 10.6. The Labute approximate surface area is 163 Å². The van der Waals surface area contributed by atoms with Crippen molar-refractivity contribution in [1.29, 1.82) is 0 Å². The Bertz CT molecular complexity index is 362. The lowest BCUT2D eigenvalue weighted by atomic mass is 10.0. The van der Waals surface area contributed by atoms with E-state index < -0.39 is 5.92 Å². The van der Waals surface area contributed by atoms with Crippen LogP contribution in [-0.2, 0) is 23.8 Å². The molecule has 0 heterocycles. The van der Waals surface area contributed by atoms with E-state index in [0.29, 0.717) is 72.2 Å². The number of nitrogens with zero attached hydrogens (tertiary/aromatic N) is 2. The van der Waals surface area contributed by atoms with Gasteiger partial charge < -0.3 is 29.1 Å². The van der Waals surface area contributed by atoms with Gasteiger partial charge in [0, 0.05) is 32.8 Å². The largest absolute Gasteiger partial charge is 0.394 e. The Kier molecular flexibility index (Phi) is 16.2. The van der Waals surface area contributed by atoms with Crippen molar-refractivity contribution < 1.29 is 28.9 Å². The summed E-state index contributed by atoms with van der Waals surface area (Å²) in [6.07, 6.45) is 0.365. The summed E-state index contributed by atoms with van der Waals surface area (Å²) in [6, 6.07) is 0. The maximum Gasteiger partial charge on any atom is 0.235 e. The summed E-state index contributed by atoms with van der Waals surface area (Å²) in [4.78, 5) is 28.9. The summed E-state index contributed by atoms with van der Waals surface area (Å²) < 4.78 is 16.0. The fourth-order valence-corrected chi connectivity index (χ4v) is 2.67. The average Bonchev–Trinajstić information content (AvgIpc) is 2.67. The number of amides is 2. The van der Waals surface area contributed by atoms with Crippen LogP contribution in [0.15, 0.2) is 0 Å². The van der Waals surface area contributed by atoms with Crippen LogP contribution >= 0.6 is 0 Å². The molecule has 27 heavy (non-hydrogen) atoms. The Morgan fingerprint density at radius 1 is 0.704 bits per heavy atom. The molecule has 160 valence electrons. The van der Waals surface area contributed by atoms with Crippen molar-refractivity contribution in [3.05, 3.63) is 0 Å². The van der Waals surface area contributed by atoms with Crippen LogP contribution in [0.1, 0.15) is 34.1 Å². The highest BCUT2D eigenvalue weighted by molar-refractivity contribution is 6.00. The molecule has 0 aromatic carbocycles. The van der Waals surface area contributed by atoms with Gasteiger partial charge in [0.1, 0.15) is 5.92 Å². The molecule has 8 nitrogen and oxygen atoms in total. The van der Waals surface area contributed by atoms with Gasteiger partial charge in [-0.15, -0.1) is 0 Å². The second kappa shape index (κ2) is 16.9. The Hall–Kier alpha value is -1.22. The van der Waals surface area contributed by atoms with Crippen LogP contribution < -0.4 is 0 Å². The zero-order valence-corrected chi connectivity index (χ0v) is 17.4. The van der Waals surface area contributed by atoms with Crippen LogP contribution in [0.3, 0.4) is 0 Å². The molecule has 0 saturated carbocycles. The Morgan fingerprint density at radius 3 is 1.44 bits per heavy atom. The molecule has 0 atom stereocenters. The molecule has 0 bridgehead atoms. The van der Waals surface area contributed by atoms with Crippen LogP contribution in [0, 0.1) is 5.92 Å². The highest BCUT2D eigenvalue weighted by atomic mass is 16.5. The van der Waals surface area contributed by atoms with Gasteiger partial charge in [0.25, 0.3) is 0 Å². The topological polar surface area (TPSA) is 88.5 Å². The second-order valence-electron chi connectivity index (χ2n) is 5.92. The first-order chi connectivity index (χ1) is 13.1. The molecule has 0 fully saturated rings. The minimum absolute atomic E-state index is 0.00268. The van der Waals surface area contributed by atoms with E-state index in [1.54, 1.807) is 9.80 Å². The summed E-state index contributed by atoms with van der Waals surface area (Å²) in [7, 11) is 0. The molecule has 0 aliphatic carbocycles. The summed E-state index contributed by atoms with van der Waals surface area (Å²) in [5, 5.41) is 8.58. The number of carbonyl (C=O) groups is 2. The van der Waals surface area contributed by atoms with E-state index in [0.717, 1.165) is 0 Å². The van der Waals surface area contributed by atoms with Crippen molar-refractivity contribution in [3.63, 3.8) is 0 Å². The molecule has 0 rings (SSSR count). The van der Waals surface area contributed by atoms with E-state index in [9.17, 15) is 9.59 Å². The van der Waals surface area contributed by atoms with E-state index in [2.05, 4.69) is 0 Å². The van der Waals surface area contributed by atoms with Crippen molar-refractivity contribution >= 4 is 11.8 Å². The number of carbonyl (C=O) groups excluding carboxylic acids is 2. The van der Waals surface area contributed by atoms with Gasteiger partial charge in [-0.3, -0.25) is 9.59 Å². The maximum atomic E-state index is 12.7. The number of aliphatic hydroxyl groups excluding tert-OH is 1. The van der Waals surface area contributed by atoms with E-state index in [-0.39, 0.29) is 18.4 Å². The molecule has 8 heteroatoms. The number of hydrogen-bond acceptors (Lipinski definition) is 6. The van der Waals surface area contributed by atoms with Gasteiger partial charge in [-0.05, 0) is 34.1 Å².